The Morgan fingerprint density at radius 1 is 1.32 bits per heavy atom. The van der Waals surface area contributed by atoms with Crippen LogP contribution >= 0.6 is 0 Å². The van der Waals surface area contributed by atoms with Gasteiger partial charge in [-0.2, -0.15) is 0 Å². The van der Waals surface area contributed by atoms with E-state index in [0.29, 0.717) is 0 Å². The number of methoxy groups -OCH3 is 1. The largest absolute Gasteiger partial charge is 0.383 e. The van der Waals surface area contributed by atoms with Gasteiger partial charge in [-0.15, -0.1) is 0 Å². The molecule has 0 radical (unpaired) electrons. The zero-order valence-electron chi connectivity index (χ0n) is 12.7. The van der Waals surface area contributed by atoms with E-state index in [0.717, 1.165) is 12.1 Å². The molecule has 22 heavy (non-hydrogen) atoms. The molecule has 0 aliphatic carbocycles. The minimum atomic E-state index is -0.762. The van der Waals surface area contributed by atoms with Crippen LogP contribution in [0, 0.1) is 11.6 Å². The van der Waals surface area contributed by atoms with Crippen molar-refractivity contribution in [1.82, 2.24) is 10.2 Å². The lowest BCUT2D eigenvalue weighted by Crippen LogP contribution is -2.31. The number of halogens is 2. The Hall–Kier alpha value is -2.28. The molecule has 1 amide bonds. The van der Waals surface area contributed by atoms with Crippen LogP contribution in [0.3, 0.4) is 0 Å². The number of carbonyl (C=O) groups excluding carboxylic acids is 2. The quantitative estimate of drug-likeness (QED) is 0.467. The summed E-state index contributed by atoms with van der Waals surface area (Å²) in [6.07, 6.45) is 1.36. The summed E-state index contributed by atoms with van der Waals surface area (Å²) >= 11 is 0. The van der Waals surface area contributed by atoms with Crippen LogP contribution in [0.1, 0.15) is 5.56 Å². The number of hydrogen-bond acceptors (Lipinski definition) is 4. The van der Waals surface area contributed by atoms with Crippen LogP contribution in [0.4, 0.5) is 8.78 Å². The maximum atomic E-state index is 13.5. The minimum Gasteiger partial charge on any atom is -0.383 e. The zero-order valence-corrected chi connectivity index (χ0v) is 12.7. The van der Waals surface area contributed by atoms with E-state index < -0.39 is 23.3 Å². The molecule has 0 unspecified atom stereocenters. The Kier molecular flexibility index (Phi) is 6.65. The molecule has 1 aromatic rings. The second-order valence-corrected chi connectivity index (χ2v) is 4.78. The molecule has 1 rings (SSSR count). The number of benzene rings is 1. The van der Waals surface area contributed by atoms with E-state index in [1.54, 1.807) is 19.0 Å². The third-order valence-corrected chi connectivity index (χ3v) is 2.66. The van der Waals surface area contributed by atoms with Crippen molar-refractivity contribution in [3.63, 3.8) is 0 Å². The fourth-order valence-electron chi connectivity index (χ4n) is 1.66. The van der Waals surface area contributed by atoms with E-state index in [-0.39, 0.29) is 24.3 Å². The lowest BCUT2D eigenvalue weighted by atomic mass is 10.1. The first-order valence-corrected chi connectivity index (χ1v) is 6.47. The van der Waals surface area contributed by atoms with Crippen LogP contribution in [0.5, 0.6) is 0 Å². The fraction of sp³-hybridized carbons (Fsp3) is 0.333. The van der Waals surface area contributed by atoms with Gasteiger partial charge in [0, 0.05) is 45.6 Å². The smallest absolute Gasteiger partial charge is 0.256 e. The summed E-state index contributed by atoms with van der Waals surface area (Å²) in [6.45, 7) is -0.395. The van der Waals surface area contributed by atoms with Crippen molar-refractivity contribution in [3.8, 4) is 0 Å². The number of ether oxygens (including phenoxy) is 1. The molecule has 1 N–H and O–H groups in total. The number of Topliss-reactive ketones (excluding diaryl/α,β-unsaturated/α-hetero) is 1. The number of hydrogen-bond donors (Lipinski definition) is 1. The molecule has 0 aromatic heterocycles. The molecule has 0 atom stereocenters. The number of ketones is 1. The summed E-state index contributed by atoms with van der Waals surface area (Å²) in [6, 6.07) is 3.06. The lowest BCUT2D eigenvalue weighted by Gasteiger charge is -2.12. The Morgan fingerprint density at radius 3 is 2.55 bits per heavy atom. The molecule has 0 aliphatic rings. The summed E-state index contributed by atoms with van der Waals surface area (Å²) in [7, 11) is 4.66. The van der Waals surface area contributed by atoms with Gasteiger partial charge in [-0.25, -0.2) is 8.78 Å². The third-order valence-electron chi connectivity index (χ3n) is 2.66. The molecule has 0 heterocycles. The lowest BCUT2D eigenvalue weighted by molar-refractivity contribution is -0.124. The molecule has 0 saturated heterocycles. The predicted molar refractivity (Wildman–Crippen MR) is 76.9 cm³/mol. The third kappa shape index (κ3) is 5.25. The first-order chi connectivity index (χ1) is 10.3. The van der Waals surface area contributed by atoms with Gasteiger partial charge in [0.2, 0.25) is 0 Å². The fourth-order valence-corrected chi connectivity index (χ4v) is 1.66. The van der Waals surface area contributed by atoms with Crippen molar-refractivity contribution in [2.45, 2.75) is 6.54 Å². The van der Waals surface area contributed by atoms with Crippen LogP contribution in [-0.2, 0) is 20.9 Å². The van der Waals surface area contributed by atoms with E-state index >= 15 is 0 Å². The van der Waals surface area contributed by atoms with Crippen molar-refractivity contribution >= 4 is 11.7 Å². The summed E-state index contributed by atoms with van der Waals surface area (Å²) in [5.74, 6) is -2.61. The number of amides is 1. The van der Waals surface area contributed by atoms with Gasteiger partial charge >= 0.3 is 0 Å². The van der Waals surface area contributed by atoms with E-state index in [1.807, 2.05) is 0 Å². The van der Waals surface area contributed by atoms with Gasteiger partial charge in [-0.3, -0.25) is 9.59 Å². The van der Waals surface area contributed by atoms with Crippen LogP contribution in [0.25, 0.3) is 0 Å². The Labute approximate surface area is 127 Å². The Bertz CT molecular complexity index is 586. The second kappa shape index (κ2) is 8.23. The highest BCUT2D eigenvalue weighted by Crippen LogP contribution is 2.09. The molecule has 0 saturated carbocycles. The molecule has 0 aliphatic heterocycles. The van der Waals surface area contributed by atoms with E-state index in [9.17, 15) is 18.4 Å². The maximum absolute atomic E-state index is 13.5. The van der Waals surface area contributed by atoms with Crippen LogP contribution in [-0.4, -0.2) is 44.4 Å². The second-order valence-electron chi connectivity index (χ2n) is 4.78. The van der Waals surface area contributed by atoms with Crippen molar-refractivity contribution in [2.75, 3.05) is 27.8 Å². The molecular formula is C15H18F2N2O3. The van der Waals surface area contributed by atoms with Gasteiger partial charge < -0.3 is 15.0 Å². The van der Waals surface area contributed by atoms with Crippen molar-refractivity contribution in [2.24, 2.45) is 0 Å². The number of nitrogens with zero attached hydrogens (tertiary/aromatic N) is 1. The summed E-state index contributed by atoms with van der Waals surface area (Å²) in [5, 5.41) is 2.43. The van der Waals surface area contributed by atoms with E-state index in [4.69, 9.17) is 4.74 Å². The highest BCUT2D eigenvalue weighted by molar-refractivity contribution is 6.19. The van der Waals surface area contributed by atoms with E-state index in [2.05, 4.69) is 5.32 Å². The Balaban J connectivity index is 2.81. The van der Waals surface area contributed by atoms with Gasteiger partial charge in [-0.05, 0) is 6.07 Å². The molecule has 0 spiro atoms. The van der Waals surface area contributed by atoms with Gasteiger partial charge in [0.25, 0.3) is 5.91 Å². The average Bonchev–Trinajstić information content (AvgIpc) is 2.43. The minimum absolute atomic E-state index is 0.102. The van der Waals surface area contributed by atoms with Crippen LogP contribution in [0.2, 0.25) is 0 Å². The summed E-state index contributed by atoms with van der Waals surface area (Å²) < 4.78 is 31.0. The van der Waals surface area contributed by atoms with Crippen LogP contribution in [0.15, 0.2) is 30.0 Å². The normalized spacial score (nSPS) is 11.2. The highest BCUT2D eigenvalue weighted by atomic mass is 19.1. The topological polar surface area (TPSA) is 58.6 Å². The van der Waals surface area contributed by atoms with Gasteiger partial charge in [0.05, 0.1) is 0 Å². The maximum Gasteiger partial charge on any atom is 0.256 e. The Morgan fingerprint density at radius 2 is 2.00 bits per heavy atom. The standard InChI is InChI=1S/C15H18F2N2O3/c1-19(2)8-12(14(20)9-22-3)15(21)18-7-10-4-5-11(16)6-13(10)17/h4-6,8H,7,9H2,1-3H3,(H,18,21)/b12-8+. The first-order valence-electron chi connectivity index (χ1n) is 6.47. The summed E-state index contributed by atoms with van der Waals surface area (Å²) in [4.78, 5) is 25.4. The highest BCUT2D eigenvalue weighted by Gasteiger charge is 2.18. The zero-order chi connectivity index (χ0) is 16.7. The average molecular weight is 312 g/mol. The summed E-state index contributed by atoms with van der Waals surface area (Å²) in [5.41, 5.74) is 0.0208. The molecular weight excluding hydrogens is 294 g/mol. The number of nitrogens with one attached hydrogen (secondary N) is 1. The molecule has 7 heteroatoms. The van der Waals surface area contributed by atoms with E-state index in [1.165, 1.54) is 19.4 Å². The first kappa shape index (κ1) is 17.8. The number of rotatable bonds is 7. The molecule has 120 valence electrons. The van der Waals surface area contributed by atoms with Gasteiger partial charge in [0.1, 0.15) is 23.8 Å². The van der Waals surface area contributed by atoms with Crippen LogP contribution < -0.4 is 5.32 Å². The monoisotopic (exact) mass is 312 g/mol. The molecule has 5 nitrogen and oxygen atoms in total. The van der Waals surface area contributed by atoms with Crippen molar-refractivity contribution < 1.29 is 23.1 Å². The molecule has 0 fully saturated rings. The van der Waals surface area contributed by atoms with Crippen molar-refractivity contribution in [3.05, 3.63) is 47.2 Å². The predicted octanol–water partition coefficient (Wildman–Crippen LogP) is 1.24. The molecule has 1 aromatic carbocycles. The number of carbonyl (C=O) groups is 2. The van der Waals surface area contributed by atoms with Gasteiger partial charge in [-0.1, -0.05) is 6.07 Å². The van der Waals surface area contributed by atoms with Gasteiger partial charge in [0.15, 0.2) is 5.78 Å². The molecule has 0 bridgehead atoms. The SMILES string of the molecule is COCC(=O)/C(=C\N(C)C)C(=O)NCc1ccc(F)cc1F. The van der Waals surface area contributed by atoms with Crippen molar-refractivity contribution in [1.29, 1.82) is 0 Å².